The van der Waals surface area contributed by atoms with Crippen molar-refractivity contribution in [3.63, 3.8) is 0 Å². The van der Waals surface area contributed by atoms with Gasteiger partial charge in [0.2, 0.25) is 10.0 Å². The molecule has 8 heteroatoms. The van der Waals surface area contributed by atoms with Gasteiger partial charge in [-0.1, -0.05) is 29.8 Å². The molecule has 0 aliphatic heterocycles. The maximum Gasteiger partial charge on any atom is 0.339 e. The van der Waals surface area contributed by atoms with Crippen molar-refractivity contribution < 1.29 is 17.9 Å². The van der Waals surface area contributed by atoms with Crippen LogP contribution in [-0.2, 0) is 14.8 Å². The van der Waals surface area contributed by atoms with E-state index in [4.69, 9.17) is 11.6 Å². The number of carbonyl (C=O) groups excluding carboxylic acids is 1. The monoisotopic (exact) mass is 396 g/mol. The zero-order chi connectivity index (χ0) is 19.2. The molecule has 26 heavy (non-hydrogen) atoms. The summed E-state index contributed by atoms with van der Waals surface area (Å²) in [5.74, 6) is -0.684. The fourth-order valence-corrected chi connectivity index (χ4v) is 3.65. The Morgan fingerprint density at radius 2 is 1.88 bits per heavy atom. The Morgan fingerprint density at radius 3 is 2.54 bits per heavy atom. The van der Waals surface area contributed by atoms with Crippen molar-refractivity contribution in [2.75, 3.05) is 32.1 Å². The number of anilines is 1. The minimum atomic E-state index is -3.74. The Bertz CT molecular complexity index is 857. The summed E-state index contributed by atoms with van der Waals surface area (Å²) in [5.41, 5.74) is 1.08. The summed E-state index contributed by atoms with van der Waals surface area (Å²) in [6.45, 7) is 0.969. The van der Waals surface area contributed by atoms with Crippen molar-refractivity contribution in [2.45, 2.75) is 11.3 Å². The number of esters is 1. The van der Waals surface area contributed by atoms with Crippen molar-refractivity contribution in [1.82, 2.24) is 4.72 Å². The van der Waals surface area contributed by atoms with Crippen molar-refractivity contribution in [3.05, 3.63) is 59.1 Å². The number of rotatable bonds is 8. The van der Waals surface area contributed by atoms with Crippen LogP contribution in [0.25, 0.3) is 0 Å². The number of benzene rings is 2. The summed E-state index contributed by atoms with van der Waals surface area (Å²) in [6, 6.07) is 13.8. The zero-order valence-corrected chi connectivity index (χ0v) is 16.2. The molecule has 0 heterocycles. The van der Waals surface area contributed by atoms with Gasteiger partial charge in [0.25, 0.3) is 0 Å². The Kier molecular flexibility index (Phi) is 7.02. The summed E-state index contributed by atoms with van der Waals surface area (Å²) >= 11 is 5.92. The normalized spacial score (nSPS) is 11.2. The highest BCUT2D eigenvalue weighted by Crippen LogP contribution is 2.21. The van der Waals surface area contributed by atoms with E-state index in [9.17, 15) is 13.2 Å². The van der Waals surface area contributed by atoms with E-state index in [-0.39, 0.29) is 22.0 Å². The third kappa shape index (κ3) is 5.20. The fraction of sp³-hybridized carbons (Fsp3) is 0.278. The van der Waals surface area contributed by atoms with E-state index in [2.05, 4.69) is 9.46 Å². The first kappa shape index (κ1) is 20.2. The predicted molar refractivity (Wildman–Crippen MR) is 102 cm³/mol. The minimum absolute atomic E-state index is 0.0147. The number of nitrogens with one attached hydrogen (secondary N) is 1. The third-order valence-corrected chi connectivity index (χ3v) is 5.60. The van der Waals surface area contributed by atoms with Crippen LogP contribution in [0.3, 0.4) is 0 Å². The van der Waals surface area contributed by atoms with Gasteiger partial charge in [0, 0.05) is 25.8 Å². The quantitative estimate of drug-likeness (QED) is 0.548. The van der Waals surface area contributed by atoms with E-state index < -0.39 is 16.0 Å². The maximum absolute atomic E-state index is 12.4. The molecule has 0 saturated carbocycles. The first-order valence-electron chi connectivity index (χ1n) is 7.99. The van der Waals surface area contributed by atoms with E-state index in [1.165, 1.54) is 25.3 Å². The van der Waals surface area contributed by atoms with E-state index in [0.717, 1.165) is 5.69 Å². The largest absolute Gasteiger partial charge is 0.465 e. The highest BCUT2D eigenvalue weighted by Gasteiger charge is 2.18. The molecule has 0 unspecified atom stereocenters. The first-order valence-corrected chi connectivity index (χ1v) is 9.85. The molecule has 0 radical (unpaired) electrons. The fourth-order valence-electron chi connectivity index (χ4n) is 2.36. The lowest BCUT2D eigenvalue weighted by atomic mass is 10.2. The van der Waals surface area contributed by atoms with Gasteiger partial charge in [0.05, 0.1) is 22.6 Å². The number of nitrogens with zero attached hydrogens (tertiary/aromatic N) is 1. The second-order valence-corrected chi connectivity index (χ2v) is 7.82. The second kappa shape index (κ2) is 9.02. The minimum Gasteiger partial charge on any atom is -0.465 e. The average Bonchev–Trinajstić information content (AvgIpc) is 2.65. The number of carbonyl (C=O) groups is 1. The van der Waals surface area contributed by atoms with Gasteiger partial charge in [-0.2, -0.15) is 0 Å². The molecule has 0 aromatic heterocycles. The van der Waals surface area contributed by atoms with Gasteiger partial charge in [0.15, 0.2) is 0 Å². The van der Waals surface area contributed by atoms with Gasteiger partial charge < -0.3 is 9.64 Å². The Labute approximate surface area is 158 Å². The first-order chi connectivity index (χ1) is 12.3. The van der Waals surface area contributed by atoms with E-state index in [1.54, 1.807) is 0 Å². The molecule has 6 nitrogen and oxygen atoms in total. The molecule has 0 bridgehead atoms. The molecule has 2 aromatic carbocycles. The third-order valence-electron chi connectivity index (χ3n) is 3.81. The summed E-state index contributed by atoms with van der Waals surface area (Å²) in [7, 11) is -0.579. The van der Waals surface area contributed by atoms with Crippen LogP contribution >= 0.6 is 11.6 Å². The van der Waals surface area contributed by atoms with Gasteiger partial charge in [-0.05, 0) is 36.8 Å². The predicted octanol–water partition coefficient (Wildman–Crippen LogP) is 2.93. The number of methoxy groups -OCH3 is 1. The lowest BCUT2D eigenvalue weighted by molar-refractivity contribution is 0.0600. The Morgan fingerprint density at radius 1 is 1.19 bits per heavy atom. The molecular weight excluding hydrogens is 376 g/mol. The zero-order valence-electron chi connectivity index (χ0n) is 14.6. The van der Waals surface area contributed by atoms with Crippen LogP contribution in [0.2, 0.25) is 5.02 Å². The molecule has 0 aliphatic carbocycles. The van der Waals surface area contributed by atoms with Crippen LogP contribution in [0.1, 0.15) is 16.8 Å². The van der Waals surface area contributed by atoms with Crippen LogP contribution in [0.4, 0.5) is 5.69 Å². The number of hydrogen-bond donors (Lipinski definition) is 1. The summed E-state index contributed by atoms with van der Waals surface area (Å²) in [4.78, 5) is 13.7. The summed E-state index contributed by atoms with van der Waals surface area (Å²) < 4.78 is 31.9. The highest BCUT2D eigenvalue weighted by molar-refractivity contribution is 7.89. The standard InChI is InChI=1S/C18H21ClN2O4S/c1-21(14-7-4-3-5-8-14)12-6-11-20-26(23,24)15-9-10-17(19)16(13-15)18(22)25-2/h3-5,7-10,13,20H,6,11-12H2,1-2H3. The number of hydrogen-bond acceptors (Lipinski definition) is 5. The van der Waals surface area contributed by atoms with Gasteiger partial charge in [-0.15, -0.1) is 0 Å². The van der Waals surface area contributed by atoms with Gasteiger partial charge in [-0.25, -0.2) is 17.9 Å². The Balaban J connectivity index is 1.96. The molecule has 0 fully saturated rings. The van der Waals surface area contributed by atoms with E-state index >= 15 is 0 Å². The molecule has 2 aromatic rings. The number of sulfonamides is 1. The van der Waals surface area contributed by atoms with Gasteiger partial charge in [0.1, 0.15) is 0 Å². The summed E-state index contributed by atoms with van der Waals surface area (Å²) in [5, 5.41) is 0.139. The summed E-state index contributed by atoms with van der Waals surface area (Å²) in [6.07, 6.45) is 0.627. The maximum atomic E-state index is 12.4. The molecule has 1 N–H and O–H groups in total. The number of para-hydroxylation sites is 1. The van der Waals surface area contributed by atoms with E-state index in [1.807, 2.05) is 42.3 Å². The molecule has 0 amide bonds. The van der Waals surface area contributed by atoms with Crippen LogP contribution < -0.4 is 9.62 Å². The molecular formula is C18H21ClN2O4S. The van der Waals surface area contributed by atoms with Crippen LogP contribution in [0.5, 0.6) is 0 Å². The van der Waals surface area contributed by atoms with Crippen molar-refractivity contribution in [1.29, 1.82) is 0 Å². The smallest absolute Gasteiger partial charge is 0.339 e. The molecule has 0 spiro atoms. The van der Waals surface area contributed by atoms with Crippen LogP contribution in [0.15, 0.2) is 53.4 Å². The van der Waals surface area contributed by atoms with E-state index in [0.29, 0.717) is 13.0 Å². The lowest BCUT2D eigenvalue weighted by Gasteiger charge is -2.19. The van der Waals surface area contributed by atoms with Crippen LogP contribution in [0, 0.1) is 0 Å². The molecule has 0 aliphatic rings. The second-order valence-electron chi connectivity index (χ2n) is 5.64. The lowest BCUT2D eigenvalue weighted by Crippen LogP contribution is -2.28. The van der Waals surface area contributed by atoms with Gasteiger partial charge in [-0.3, -0.25) is 0 Å². The number of halogens is 1. The number of ether oxygens (including phenoxy) is 1. The molecule has 0 saturated heterocycles. The highest BCUT2D eigenvalue weighted by atomic mass is 35.5. The molecule has 140 valence electrons. The average molecular weight is 397 g/mol. The molecule has 2 rings (SSSR count). The van der Waals surface area contributed by atoms with Crippen molar-refractivity contribution >= 4 is 33.3 Å². The van der Waals surface area contributed by atoms with Crippen molar-refractivity contribution in [3.8, 4) is 0 Å². The Hall–Kier alpha value is -2.09. The SMILES string of the molecule is COC(=O)c1cc(S(=O)(=O)NCCCN(C)c2ccccc2)ccc1Cl. The van der Waals surface area contributed by atoms with Crippen LogP contribution in [-0.4, -0.2) is 41.6 Å². The van der Waals surface area contributed by atoms with Gasteiger partial charge >= 0.3 is 5.97 Å². The van der Waals surface area contributed by atoms with Crippen molar-refractivity contribution in [2.24, 2.45) is 0 Å². The topological polar surface area (TPSA) is 75.7 Å². The molecule has 0 atom stereocenters.